The second kappa shape index (κ2) is 12.5. The van der Waals surface area contributed by atoms with E-state index in [1.165, 1.54) is 24.1 Å². The maximum absolute atomic E-state index is 13.7. The molecule has 0 saturated heterocycles. The number of ether oxygens (including phenoxy) is 1. The molecule has 2 amide bonds. The van der Waals surface area contributed by atoms with Crippen LogP contribution in [-0.4, -0.2) is 62.0 Å². The predicted molar refractivity (Wildman–Crippen MR) is 141 cm³/mol. The van der Waals surface area contributed by atoms with Crippen molar-refractivity contribution in [2.75, 3.05) is 24.2 Å². The third-order valence-electron chi connectivity index (χ3n) is 5.61. The van der Waals surface area contributed by atoms with Crippen LogP contribution in [-0.2, 0) is 26.2 Å². The molecule has 0 fully saturated rings. The monoisotopic (exact) mass is 534 g/mol. The summed E-state index contributed by atoms with van der Waals surface area (Å²) >= 11 is 0. The summed E-state index contributed by atoms with van der Waals surface area (Å²) in [6.45, 7) is 6.67. The topological polar surface area (TPSA) is 139 Å². The molecule has 11 nitrogen and oxygen atoms in total. The van der Waals surface area contributed by atoms with E-state index >= 15 is 0 Å². The Labute approximate surface area is 217 Å². The van der Waals surface area contributed by atoms with Crippen molar-refractivity contribution in [2.24, 2.45) is 0 Å². The lowest BCUT2D eigenvalue weighted by Gasteiger charge is -2.33. The van der Waals surface area contributed by atoms with Crippen LogP contribution in [0, 0.1) is 17.0 Å². The van der Waals surface area contributed by atoms with Gasteiger partial charge in [-0.05, 0) is 38.8 Å². The van der Waals surface area contributed by atoms with Gasteiger partial charge in [-0.15, -0.1) is 0 Å². The van der Waals surface area contributed by atoms with Crippen LogP contribution in [0.2, 0.25) is 0 Å². The molecule has 0 aliphatic rings. The van der Waals surface area contributed by atoms with E-state index < -0.39 is 33.4 Å². The van der Waals surface area contributed by atoms with Crippen LogP contribution >= 0.6 is 0 Å². The highest BCUT2D eigenvalue weighted by Gasteiger charge is 2.33. The number of aryl methyl sites for hydroxylation is 1. The molecule has 1 atom stereocenters. The highest BCUT2D eigenvalue weighted by atomic mass is 32.2. The summed E-state index contributed by atoms with van der Waals surface area (Å²) in [4.78, 5) is 38.8. The molecule has 0 aliphatic heterocycles. The van der Waals surface area contributed by atoms with Crippen molar-refractivity contribution >= 4 is 33.2 Å². The number of amides is 2. The molecule has 0 aromatic heterocycles. The largest absolute Gasteiger partial charge is 0.495 e. The van der Waals surface area contributed by atoms with Crippen molar-refractivity contribution in [1.29, 1.82) is 0 Å². The van der Waals surface area contributed by atoms with Crippen LogP contribution in [0.25, 0.3) is 0 Å². The molecule has 0 saturated carbocycles. The van der Waals surface area contributed by atoms with Crippen molar-refractivity contribution in [3.05, 3.63) is 63.7 Å². The van der Waals surface area contributed by atoms with Gasteiger partial charge in [-0.1, -0.05) is 36.8 Å². The van der Waals surface area contributed by atoms with Gasteiger partial charge in [-0.3, -0.25) is 24.0 Å². The predicted octanol–water partition coefficient (Wildman–Crippen LogP) is 3.01. The third kappa shape index (κ3) is 7.91. The van der Waals surface area contributed by atoms with Crippen LogP contribution in [0.15, 0.2) is 42.5 Å². The van der Waals surface area contributed by atoms with Crippen molar-refractivity contribution in [1.82, 2.24) is 10.2 Å². The highest BCUT2D eigenvalue weighted by Crippen LogP contribution is 2.34. The van der Waals surface area contributed by atoms with E-state index in [1.54, 1.807) is 20.8 Å². The molecule has 37 heavy (non-hydrogen) atoms. The number of methoxy groups -OCH3 is 1. The van der Waals surface area contributed by atoms with Gasteiger partial charge >= 0.3 is 0 Å². The van der Waals surface area contributed by atoms with E-state index in [9.17, 15) is 28.1 Å². The van der Waals surface area contributed by atoms with Gasteiger partial charge in [-0.25, -0.2) is 8.42 Å². The number of non-ortho nitro benzene ring substituents is 1. The number of carbonyl (C=O) groups is 2. The molecule has 12 heteroatoms. The number of hydrogen-bond acceptors (Lipinski definition) is 7. The minimum absolute atomic E-state index is 0.0403. The Balaban J connectivity index is 2.55. The molecular weight excluding hydrogens is 500 g/mol. The zero-order valence-electron chi connectivity index (χ0n) is 21.9. The van der Waals surface area contributed by atoms with Crippen LogP contribution < -0.4 is 14.4 Å². The molecule has 1 unspecified atom stereocenters. The van der Waals surface area contributed by atoms with E-state index in [4.69, 9.17) is 4.74 Å². The molecule has 2 aromatic carbocycles. The SMILES string of the molecule is CCC(C(=O)NC(C)C)N(Cc1ccc(C)cc1)C(=O)CN(c1cc([N+](=O)[O-])ccc1OC)S(C)(=O)=O. The average Bonchev–Trinajstić information content (AvgIpc) is 2.81. The summed E-state index contributed by atoms with van der Waals surface area (Å²) in [5.74, 6) is -0.972. The molecule has 0 aliphatic carbocycles. The summed E-state index contributed by atoms with van der Waals surface area (Å²) < 4.78 is 31.6. The van der Waals surface area contributed by atoms with Crippen molar-refractivity contribution < 1.29 is 27.7 Å². The molecule has 1 N–H and O–H groups in total. The Morgan fingerprint density at radius 1 is 1.14 bits per heavy atom. The summed E-state index contributed by atoms with van der Waals surface area (Å²) in [6.07, 6.45) is 1.18. The summed E-state index contributed by atoms with van der Waals surface area (Å²) in [6, 6.07) is 9.88. The summed E-state index contributed by atoms with van der Waals surface area (Å²) in [5, 5.41) is 14.2. The first kappa shape index (κ1) is 29.6. The number of hydrogen-bond donors (Lipinski definition) is 1. The molecule has 0 spiro atoms. The van der Waals surface area contributed by atoms with E-state index in [-0.39, 0.29) is 42.0 Å². The minimum atomic E-state index is -4.09. The zero-order valence-corrected chi connectivity index (χ0v) is 22.7. The Hall–Kier alpha value is -3.67. The van der Waals surface area contributed by atoms with Gasteiger partial charge in [0, 0.05) is 24.7 Å². The van der Waals surface area contributed by atoms with Gasteiger partial charge < -0.3 is 15.0 Å². The van der Waals surface area contributed by atoms with Gasteiger partial charge in [-0.2, -0.15) is 0 Å². The van der Waals surface area contributed by atoms with Crippen molar-refractivity contribution in [3.8, 4) is 5.75 Å². The molecular formula is C25H34N4O7S. The third-order valence-corrected chi connectivity index (χ3v) is 6.74. The molecule has 2 rings (SSSR count). The fourth-order valence-corrected chi connectivity index (χ4v) is 4.62. The maximum Gasteiger partial charge on any atom is 0.271 e. The Bertz CT molecular complexity index is 1230. The lowest BCUT2D eigenvalue weighted by Crippen LogP contribution is -2.53. The number of anilines is 1. The maximum atomic E-state index is 13.7. The van der Waals surface area contributed by atoms with Crippen molar-refractivity contribution in [2.45, 2.75) is 52.7 Å². The lowest BCUT2D eigenvalue weighted by atomic mass is 10.1. The van der Waals surface area contributed by atoms with Gasteiger partial charge in [0.05, 0.1) is 18.3 Å². The summed E-state index contributed by atoms with van der Waals surface area (Å²) in [5.41, 5.74) is 1.26. The first-order valence-electron chi connectivity index (χ1n) is 11.7. The average molecular weight is 535 g/mol. The van der Waals surface area contributed by atoms with E-state index in [2.05, 4.69) is 5.32 Å². The van der Waals surface area contributed by atoms with Crippen LogP contribution in [0.4, 0.5) is 11.4 Å². The Kier molecular flexibility index (Phi) is 10.0. The Morgan fingerprint density at radius 3 is 2.24 bits per heavy atom. The number of nitro groups is 1. The van der Waals surface area contributed by atoms with Gasteiger partial charge in [0.2, 0.25) is 21.8 Å². The second-order valence-electron chi connectivity index (χ2n) is 8.98. The van der Waals surface area contributed by atoms with Gasteiger partial charge in [0.1, 0.15) is 24.0 Å². The first-order chi connectivity index (χ1) is 17.3. The van der Waals surface area contributed by atoms with Crippen LogP contribution in [0.5, 0.6) is 5.75 Å². The Morgan fingerprint density at radius 2 is 1.76 bits per heavy atom. The number of benzene rings is 2. The summed E-state index contributed by atoms with van der Waals surface area (Å²) in [7, 11) is -2.80. The number of nitrogens with one attached hydrogen (secondary N) is 1. The fourth-order valence-electron chi connectivity index (χ4n) is 3.77. The normalized spacial score (nSPS) is 12.1. The van der Waals surface area contributed by atoms with Crippen molar-refractivity contribution in [3.63, 3.8) is 0 Å². The molecule has 0 bridgehead atoms. The minimum Gasteiger partial charge on any atom is -0.495 e. The molecule has 202 valence electrons. The van der Waals surface area contributed by atoms with E-state index in [0.717, 1.165) is 27.8 Å². The lowest BCUT2D eigenvalue weighted by molar-refractivity contribution is -0.384. The number of sulfonamides is 1. The molecule has 0 radical (unpaired) electrons. The fraction of sp³-hybridized carbons (Fsp3) is 0.440. The highest BCUT2D eigenvalue weighted by molar-refractivity contribution is 7.92. The smallest absolute Gasteiger partial charge is 0.271 e. The number of rotatable bonds is 12. The first-order valence-corrected chi connectivity index (χ1v) is 13.6. The zero-order chi connectivity index (χ0) is 27.9. The second-order valence-corrected chi connectivity index (χ2v) is 10.9. The molecule has 0 heterocycles. The quantitative estimate of drug-likeness (QED) is 0.326. The molecule has 2 aromatic rings. The number of nitro benzene ring substituents is 1. The van der Waals surface area contributed by atoms with Crippen LogP contribution in [0.3, 0.4) is 0 Å². The standard InChI is InChI=1S/C25H34N4O7S/c1-7-21(25(31)26-17(2)3)27(15-19-10-8-18(4)9-11-19)24(30)16-28(37(6,34)35)22-14-20(29(32)33)12-13-23(22)36-5/h8-14,17,21H,7,15-16H2,1-6H3,(H,26,31). The number of carbonyl (C=O) groups excluding carboxylic acids is 2. The van der Waals surface area contributed by atoms with E-state index in [1.807, 2.05) is 31.2 Å². The van der Waals surface area contributed by atoms with E-state index in [0.29, 0.717) is 0 Å². The van der Waals surface area contributed by atoms with Gasteiger partial charge in [0.15, 0.2) is 0 Å². The van der Waals surface area contributed by atoms with Gasteiger partial charge in [0.25, 0.3) is 5.69 Å². The van der Waals surface area contributed by atoms with Crippen LogP contribution in [0.1, 0.15) is 38.3 Å². The number of nitrogens with zero attached hydrogens (tertiary/aromatic N) is 3.